The summed E-state index contributed by atoms with van der Waals surface area (Å²) in [6.45, 7) is 15.4. The summed E-state index contributed by atoms with van der Waals surface area (Å²) in [6, 6.07) is 11.2. The van der Waals surface area contributed by atoms with E-state index in [1.165, 1.54) is 12.1 Å². The van der Waals surface area contributed by atoms with Gasteiger partial charge in [0.05, 0.1) is 12.1 Å². The Hall–Kier alpha value is -3.75. The van der Waals surface area contributed by atoms with Crippen LogP contribution in [0.15, 0.2) is 42.6 Å². The molecule has 0 saturated carbocycles. The molecular formula is C33H43FN6O2. The zero-order chi connectivity index (χ0) is 30.0. The van der Waals surface area contributed by atoms with Crippen LogP contribution in [0.25, 0.3) is 11.3 Å². The lowest BCUT2D eigenvalue weighted by Gasteiger charge is -2.42. The van der Waals surface area contributed by atoms with Gasteiger partial charge in [-0.1, -0.05) is 13.0 Å². The van der Waals surface area contributed by atoms with Gasteiger partial charge in [0.15, 0.2) is 0 Å². The van der Waals surface area contributed by atoms with E-state index >= 15 is 0 Å². The third-order valence-corrected chi connectivity index (χ3v) is 8.04. The number of carbonyl (C=O) groups excluding carboxylic acids is 1. The molecule has 0 aliphatic carbocycles. The number of nitrogens with zero attached hydrogens (tertiary/aromatic N) is 6. The van der Waals surface area contributed by atoms with E-state index in [2.05, 4.69) is 28.5 Å². The maximum Gasteiger partial charge on any atom is 0.310 e. The van der Waals surface area contributed by atoms with E-state index in [9.17, 15) is 9.18 Å². The van der Waals surface area contributed by atoms with Gasteiger partial charge in [0.1, 0.15) is 23.1 Å². The first kappa shape index (κ1) is 29.7. The normalized spacial score (nSPS) is 19.4. The highest BCUT2D eigenvalue weighted by Gasteiger charge is 2.30. The van der Waals surface area contributed by atoms with E-state index < -0.39 is 5.60 Å². The van der Waals surface area contributed by atoms with Gasteiger partial charge in [-0.25, -0.2) is 14.4 Å². The third-order valence-electron chi connectivity index (χ3n) is 8.04. The zero-order valence-corrected chi connectivity index (χ0v) is 25.7. The third kappa shape index (κ3) is 6.82. The molecule has 0 N–H and O–H groups in total. The van der Waals surface area contributed by atoms with Crippen molar-refractivity contribution < 1.29 is 13.9 Å². The predicted octanol–water partition coefficient (Wildman–Crippen LogP) is 5.96. The van der Waals surface area contributed by atoms with Crippen LogP contribution in [-0.4, -0.2) is 64.8 Å². The maximum atomic E-state index is 13.7. The smallest absolute Gasteiger partial charge is 0.310 e. The van der Waals surface area contributed by atoms with E-state index in [4.69, 9.17) is 19.7 Å². The Kier molecular flexibility index (Phi) is 8.66. The number of rotatable bonds is 7. The number of ether oxygens (including phenoxy) is 1. The summed E-state index contributed by atoms with van der Waals surface area (Å²) in [5, 5.41) is 0. The van der Waals surface area contributed by atoms with Gasteiger partial charge in [0, 0.05) is 56.1 Å². The van der Waals surface area contributed by atoms with Crippen LogP contribution in [0.5, 0.6) is 0 Å². The van der Waals surface area contributed by atoms with E-state index in [0.29, 0.717) is 6.04 Å². The van der Waals surface area contributed by atoms with Gasteiger partial charge in [-0.2, -0.15) is 4.98 Å². The Bertz CT molecular complexity index is 1410. The minimum absolute atomic E-state index is 0.172. The summed E-state index contributed by atoms with van der Waals surface area (Å²) >= 11 is 0. The van der Waals surface area contributed by atoms with Crippen LogP contribution in [0.4, 0.5) is 22.0 Å². The quantitative estimate of drug-likeness (QED) is 0.320. The molecule has 0 amide bonds. The lowest BCUT2D eigenvalue weighted by atomic mass is 10.1. The summed E-state index contributed by atoms with van der Waals surface area (Å²) in [5.41, 5.74) is 3.08. The molecule has 2 atom stereocenters. The first-order valence-electron chi connectivity index (χ1n) is 15.1. The predicted molar refractivity (Wildman–Crippen MR) is 166 cm³/mol. The van der Waals surface area contributed by atoms with Crippen molar-refractivity contribution in [3.63, 3.8) is 0 Å². The Morgan fingerprint density at radius 1 is 1.07 bits per heavy atom. The number of piperazine rings is 1. The molecule has 2 saturated heterocycles. The average Bonchev–Trinajstić information content (AvgIpc) is 3.41. The molecule has 8 nitrogen and oxygen atoms in total. The number of hydrogen-bond donors (Lipinski definition) is 0. The fourth-order valence-electron chi connectivity index (χ4n) is 6.08. The topological polar surface area (TPSA) is 74.7 Å². The molecule has 0 radical (unpaired) electrons. The van der Waals surface area contributed by atoms with Crippen LogP contribution in [0, 0.1) is 12.7 Å². The van der Waals surface area contributed by atoms with Crippen LogP contribution in [0.1, 0.15) is 65.0 Å². The van der Waals surface area contributed by atoms with E-state index in [0.717, 1.165) is 85.4 Å². The van der Waals surface area contributed by atoms with Gasteiger partial charge in [0.25, 0.3) is 0 Å². The SMILES string of the molecule is CCC1CCCN1c1nc(-c2ccc(F)cc2)cc(N2CCN(c3ncc(CC(=O)OC(C)(C)C)cc3C)C[C@H]2C)n1. The Balaban J connectivity index is 1.36. The molecule has 0 bridgehead atoms. The van der Waals surface area contributed by atoms with Crippen molar-refractivity contribution in [1.82, 2.24) is 15.0 Å². The molecule has 4 heterocycles. The second-order valence-corrected chi connectivity index (χ2v) is 12.6. The number of carbonyl (C=O) groups is 1. The molecule has 1 unspecified atom stereocenters. The number of pyridine rings is 1. The molecule has 224 valence electrons. The Morgan fingerprint density at radius 2 is 1.83 bits per heavy atom. The van der Waals surface area contributed by atoms with Crippen LogP contribution in [0.3, 0.4) is 0 Å². The van der Waals surface area contributed by atoms with Crippen molar-refractivity contribution in [2.75, 3.05) is 40.9 Å². The first-order valence-corrected chi connectivity index (χ1v) is 15.1. The van der Waals surface area contributed by atoms with E-state index in [-0.39, 0.29) is 24.2 Å². The summed E-state index contributed by atoms with van der Waals surface area (Å²) in [4.78, 5) is 34.1. The molecule has 2 aromatic heterocycles. The maximum absolute atomic E-state index is 13.7. The largest absolute Gasteiger partial charge is 0.460 e. The highest BCUT2D eigenvalue weighted by atomic mass is 19.1. The van der Waals surface area contributed by atoms with Crippen molar-refractivity contribution in [2.45, 2.75) is 84.9 Å². The molecule has 0 spiro atoms. The van der Waals surface area contributed by atoms with Crippen molar-refractivity contribution in [3.05, 3.63) is 59.5 Å². The summed E-state index contributed by atoms with van der Waals surface area (Å²) in [6.07, 6.45) is 5.33. The number of halogens is 1. The van der Waals surface area contributed by atoms with Crippen LogP contribution >= 0.6 is 0 Å². The van der Waals surface area contributed by atoms with Crippen LogP contribution < -0.4 is 14.7 Å². The first-order chi connectivity index (χ1) is 20.0. The van der Waals surface area contributed by atoms with Gasteiger partial charge in [0.2, 0.25) is 5.95 Å². The lowest BCUT2D eigenvalue weighted by molar-refractivity contribution is -0.153. The molecule has 9 heteroatoms. The summed E-state index contributed by atoms with van der Waals surface area (Å²) < 4.78 is 19.2. The monoisotopic (exact) mass is 574 g/mol. The Morgan fingerprint density at radius 3 is 2.50 bits per heavy atom. The number of aromatic nitrogens is 3. The molecule has 2 aliphatic rings. The van der Waals surface area contributed by atoms with Gasteiger partial charge >= 0.3 is 5.97 Å². The second-order valence-electron chi connectivity index (χ2n) is 12.6. The van der Waals surface area contributed by atoms with E-state index in [1.54, 1.807) is 18.3 Å². The summed E-state index contributed by atoms with van der Waals surface area (Å²) in [7, 11) is 0. The molecule has 42 heavy (non-hydrogen) atoms. The number of anilines is 3. The molecule has 1 aromatic carbocycles. The van der Waals surface area contributed by atoms with Crippen molar-refractivity contribution in [2.24, 2.45) is 0 Å². The van der Waals surface area contributed by atoms with Crippen molar-refractivity contribution >= 4 is 23.6 Å². The number of aryl methyl sites for hydroxylation is 1. The fraction of sp³-hybridized carbons (Fsp3) is 0.515. The molecule has 2 fully saturated rings. The van der Waals surface area contributed by atoms with Crippen molar-refractivity contribution in [1.29, 1.82) is 0 Å². The average molecular weight is 575 g/mol. The molecule has 2 aliphatic heterocycles. The van der Waals surface area contributed by atoms with Gasteiger partial charge < -0.3 is 19.4 Å². The zero-order valence-electron chi connectivity index (χ0n) is 25.7. The number of esters is 1. The van der Waals surface area contributed by atoms with Crippen LogP contribution in [-0.2, 0) is 16.0 Å². The van der Waals surface area contributed by atoms with Gasteiger partial charge in [-0.05, 0) is 89.3 Å². The standard InChI is InChI=1S/C33H43FN6O2/c1-7-27-9-8-14-40(27)32-36-28(25-10-12-26(34)13-11-25)19-29(37-32)39-16-15-38(21-23(39)3)31-22(2)17-24(20-35-31)18-30(41)42-33(4,5)6/h10-13,17,19-20,23,27H,7-9,14-16,18,21H2,1-6H3/t23-,27?/m1/s1. The number of hydrogen-bond acceptors (Lipinski definition) is 8. The molecular weight excluding hydrogens is 531 g/mol. The molecule has 3 aromatic rings. The van der Waals surface area contributed by atoms with Crippen LogP contribution in [0.2, 0.25) is 0 Å². The summed E-state index contributed by atoms with van der Waals surface area (Å²) in [5.74, 6) is 2.08. The van der Waals surface area contributed by atoms with Gasteiger partial charge in [-0.3, -0.25) is 4.79 Å². The molecule has 5 rings (SSSR count). The minimum atomic E-state index is -0.508. The second kappa shape index (κ2) is 12.2. The lowest BCUT2D eigenvalue weighted by Crippen LogP contribution is -2.53. The van der Waals surface area contributed by atoms with Gasteiger partial charge in [-0.15, -0.1) is 0 Å². The fourth-order valence-corrected chi connectivity index (χ4v) is 6.08. The van der Waals surface area contributed by atoms with Crippen molar-refractivity contribution in [3.8, 4) is 11.3 Å². The highest BCUT2D eigenvalue weighted by Crippen LogP contribution is 2.32. The van der Waals surface area contributed by atoms with E-state index in [1.807, 2.05) is 39.8 Å². The minimum Gasteiger partial charge on any atom is -0.460 e. The highest BCUT2D eigenvalue weighted by molar-refractivity contribution is 5.73. The number of benzene rings is 1. The Labute approximate surface area is 248 Å².